The summed E-state index contributed by atoms with van der Waals surface area (Å²) in [7, 11) is 0. The maximum atomic E-state index is 5.85. The molecule has 0 amide bonds. The lowest BCUT2D eigenvalue weighted by Crippen LogP contribution is -2.30. The zero-order valence-corrected chi connectivity index (χ0v) is 11.3. The van der Waals surface area contributed by atoms with Crippen LogP contribution < -0.4 is 5.73 Å². The maximum absolute atomic E-state index is 5.85. The van der Waals surface area contributed by atoms with Crippen LogP contribution in [0.4, 0.5) is 0 Å². The summed E-state index contributed by atoms with van der Waals surface area (Å²) in [6.07, 6.45) is 9.04. The molecule has 0 bridgehead atoms. The summed E-state index contributed by atoms with van der Waals surface area (Å²) in [4.78, 5) is 4.32. The van der Waals surface area contributed by atoms with E-state index in [1.54, 1.807) is 0 Å². The van der Waals surface area contributed by atoms with E-state index < -0.39 is 0 Å². The lowest BCUT2D eigenvalue weighted by atomic mass is 9.80. The van der Waals surface area contributed by atoms with Gasteiger partial charge in [0.25, 0.3) is 0 Å². The van der Waals surface area contributed by atoms with E-state index in [9.17, 15) is 0 Å². The highest BCUT2D eigenvalue weighted by Crippen LogP contribution is 2.29. The molecule has 1 aliphatic rings. The highest BCUT2D eigenvalue weighted by atomic mass is 16.5. The van der Waals surface area contributed by atoms with Gasteiger partial charge in [-0.25, -0.2) is 4.98 Å². The number of aromatic nitrogens is 2. The van der Waals surface area contributed by atoms with Gasteiger partial charge in [-0.1, -0.05) is 12.8 Å². The van der Waals surface area contributed by atoms with Crippen molar-refractivity contribution < 1.29 is 4.74 Å². The number of nitrogens with two attached hydrogens (primary N) is 1. The summed E-state index contributed by atoms with van der Waals surface area (Å²) in [5, 5.41) is 0. The van der Waals surface area contributed by atoms with Crippen molar-refractivity contribution in [2.75, 3.05) is 13.2 Å². The zero-order chi connectivity index (χ0) is 12.8. The van der Waals surface area contributed by atoms with Crippen LogP contribution >= 0.6 is 0 Å². The predicted molar refractivity (Wildman–Crippen MR) is 72.1 cm³/mol. The quantitative estimate of drug-likeness (QED) is 0.843. The highest BCUT2D eigenvalue weighted by Gasteiger charge is 2.23. The van der Waals surface area contributed by atoms with Crippen LogP contribution in [0, 0.1) is 11.8 Å². The molecule has 0 radical (unpaired) electrons. The van der Waals surface area contributed by atoms with Gasteiger partial charge in [-0.15, -0.1) is 0 Å². The van der Waals surface area contributed by atoms with Gasteiger partial charge in [-0.2, -0.15) is 0 Å². The van der Waals surface area contributed by atoms with Crippen molar-refractivity contribution in [3.8, 4) is 0 Å². The molecule has 2 atom stereocenters. The van der Waals surface area contributed by atoms with Gasteiger partial charge in [0.2, 0.25) is 0 Å². The highest BCUT2D eigenvalue weighted by molar-refractivity contribution is 4.90. The van der Waals surface area contributed by atoms with Crippen LogP contribution in [0.15, 0.2) is 12.4 Å². The second-order valence-corrected chi connectivity index (χ2v) is 5.18. The topological polar surface area (TPSA) is 53.1 Å². The monoisotopic (exact) mass is 251 g/mol. The van der Waals surface area contributed by atoms with Crippen LogP contribution in [0.2, 0.25) is 0 Å². The number of aryl methyl sites for hydroxylation is 1. The average Bonchev–Trinajstić information content (AvgIpc) is 2.87. The fourth-order valence-electron chi connectivity index (χ4n) is 2.88. The molecule has 2 unspecified atom stereocenters. The third-order valence-corrected chi connectivity index (χ3v) is 4.07. The Morgan fingerprint density at radius 1 is 1.39 bits per heavy atom. The second kappa shape index (κ2) is 6.90. The number of imidazole rings is 1. The number of nitrogens with zero attached hydrogens (tertiary/aromatic N) is 2. The van der Waals surface area contributed by atoms with Gasteiger partial charge in [-0.05, 0) is 38.1 Å². The average molecular weight is 251 g/mol. The van der Waals surface area contributed by atoms with Crippen LogP contribution in [-0.4, -0.2) is 22.7 Å². The normalized spacial score (nSPS) is 24.3. The van der Waals surface area contributed by atoms with E-state index >= 15 is 0 Å². The van der Waals surface area contributed by atoms with Gasteiger partial charge >= 0.3 is 0 Å². The van der Waals surface area contributed by atoms with Gasteiger partial charge in [0.05, 0.1) is 6.61 Å². The van der Waals surface area contributed by atoms with E-state index in [2.05, 4.69) is 16.5 Å². The van der Waals surface area contributed by atoms with E-state index in [0.717, 1.165) is 25.5 Å². The van der Waals surface area contributed by atoms with Gasteiger partial charge in [0, 0.05) is 18.9 Å². The van der Waals surface area contributed by atoms with Crippen LogP contribution in [0.25, 0.3) is 0 Å². The Balaban J connectivity index is 1.77. The van der Waals surface area contributed by atoms with Crippen molar-refractivity contribution in [3.63, 3.8) is 0 Å². The van der Waals surface area contributed by atoms with E-state index in [-0.39, 0.29) is 0 Å². The van der Waals surface area contributed by atoms with Crippen molar-refractivity contribution >= 4 is 0 Å². The molecule has 1 aromatic heterocycles. The Hall–Kier alpha value is -0.870. The molecule has 2 N–H and O–H groups in total. The molecular formula is C14H25N3O. The fourth-order valence-corrected chi connectivity index (χ4v) is 2.88. The van der Waals surface area contributed by atoms with Crippen molar-refractivity contribution in [1.29, 1.82) is 0 Å². The lowest BCUT2D eigenvalue weighted by Gasteiger charge is -2.30. The molecule has 0 aliphatic heterocycles. The first kappa shape index (κ1) is 13.6. The molecule has 4 nitrogen and oxygen atoms in total. The Morgan fingerprint density at radius 3 is 2.89 bits per heavy atom. The minimum absolute atomic E-state index is 0.620. The first-order chi connectivity index (χ1) is 8.85. The molecule has 1 aromatic rings. The zero-order valence-electron chi connectivity index (χ0n) is 11.3. The smallest absolute Gasteiger partial charge is 0.134 e. The maximum Gasteiger partial charge on any atom is 0.134 e. The van der Waals surface area contributed by atoms with E-state index in [1.165, 1.54) is 25.7 Å². The first-order valence-electron chi connectivity index (χ1n) is 7.13. The number of ether oxygens (including phenoxy) is 1. The molecule has 18 heavy (non-hydrogen) atoms. The van der Waals surface area contributed by atoms with Gasteiger partial charge < -0.3 is 15.0 Å². The molecule has 1 fully saturated rings. The van der Waals surface area contributed by atoms with Crippen LogP contribution in [0.1, 0.15) is 38.4 Å². The summed E-state index contributed by atoms with van der Waals surface area (Å²) in [6.45, 7) is 5.33. The molecule has 4 heteroatoms. The number of hydrogen-bond donors (Lipinski definition) is 1. The van der Waals surface area contributed by atoms with E-state index in [0.29, 0.717) is 18.4 Å². The Bertz CT molecular complexity index is 351. The molecule has 0 spiro atoms. The van der Waals surface area contributed by atoms with Gasteiger partial charge in [0.1, 0.15) is 12.4 Å². The Kier molecular flexibility index (Phi) is 5.20. The number of hydrogen-bond acceptors (Lipinski definition) is 3. The van der Waals surface area contributed by atoms with Gasteiger partial charge in [-0.3, -0.25) is 0 Å². The Morgan fingerprint density at radius 2 is 2.17 bits per heavy atom. The van der Waals surface area contributed by atoms with Crippen molar-refractivity contribution in [3.05, 3.63) is 18.2 Å². The summed E-state index contributed by atoms with van der Waals surface area (Å²) in [6, 6.07) is 0. The van der Waals surface area contributed by atoms with Crippen molar-refractivity contribution in [2.24, 2.45) is 17.6 Å². The molecule has 1 aliphatic carbocycles. The minimum atomic E-state index is 0.620. The van der Waals surface area contributed by atoms with Gasteiger partial charge in [0.15, 0.2) is 0 Å². The summed E-state index contributed by atoms with van der Waals surface area (Å²) >= 11 is 0. The summed E-state index contributed by atoms with van der Waals surface area (Å²) < 4.78 is 7.98. The third-order valence-electron chi connectivity index (χ3n) is 4.07. The Labute approximate surface area is 110 Å². The molecule has 0 saturated heterocycles. The van der Waals surface area contributed by atoms with Crippen molar-refractivity contribution in [2.45, 2.75) is 45.8 Å². The molecule has 1 heterocycles. The predicted octanol–water partition coefficient (Wildman–Crippen LogP) is 2.18. The molecule has 1 saturated carbocycles. The third kappa shape index (κ3) is 3.33. The molecule has 2 rings (SSSR count). The lowest BCUT2D eigenvalue weighted by molar-refractivity contribution is 0.0468. The van der Waals surface area contributed by atoms with Crippen LogP contribution in [0.3, 0.4) is 0 Å². The van der Waals surface area contributed by atoms with Crippen molar-refractivity contribution in [1.82, 2.24) is 9.55 Å². The van der Waals surface area contributed by atoms with E-state index in [4.69, 9.17) is 10.5 Å². The SMILES string of the molecule is CCn1ccnc1COCC1CCCCC1CN. The first-order valence-corrected chi connectivity index (χ1v) is 7.13. The summed E-state index contributed by atoms with van der Waals surface area (Å²) in [5.74, 6) is 2.33. The standard InChI is InChI=1S/C14H25N3O/c1-2-17-8-7-16-14(17)11-18-10-13-6-4-3-5-12(13)9-15/h7-8,12-13H,2-6,9-11,15H2,1H3. The fraction of sp³-hybridized carbons (Fsp3) is 0.786. The molecule has 0 aromatic carbocycles. The minimum Gasteiger partial charge on any atom is -0.373 e. The number of rotatable bonds is 6. The second-order valence-electron chi connectivity index (χ2n) is 5.18. The molecule has 102 valence electrons. The van der Waals surface area contributed by atoms with Crippen LogP contribution in [0.5, 0.6) is 0 Å². The van der Waals surface area contributed by atoms with Crippen LogP contribution in [-0.2, 0) is 17.9 Å². The largest absolute Gasteiger partial charge is 0.373 e. The molecular weight excluding hydrogens is 226 g/mol. The van der Waals surface area contributed by atoms with E-state index in [1.807, 2.05) is 12.4 Å². The summed E-state index contributed by atoms with van der Waals surface area (Å²) in [5.41, 5.74) is 5.83.